The highest BCUT2D eigenvalue weighted by Gasteiger charge is 2.02. The van der Waals surface area contributed by atoms with Crippen molar-refractivity contribution in [1.82, 2.24) is 5.32 Å². The van der Waals surface area contributed by atoms with Gasteiger partial charge in [0.25, 0.3) is 0 Å². The first-order chi connectivity index (χ1) is 6.76. The van der Waals surface area contributed by atoms with Gasteiger partial charge in [0.05, 0.1) is 6.61 Å². The Morgan fingerprint density at radius 2 is 2.20 bits per heavy atom. The summed E-state index contributed by atoms with van der Waals surface area (Å²) in [6.07, 6.45) is 0.949. The van der Waals surface area contributed by atoms with Crippen LogP contribution in [-0.4, -0.2) is 17.8 Å². The predicted octanol–water partition coefficient (Wildman–Crippen LogP) is 2.73. The Bertz CT molecular complexity index is 279. The van der Waals surface area contributed by atoms with Gasteiger partial charge >= 0.3 is 0 Å². The molecule has 0 aromatic heterocycles. The van der Waals surface area contributed by atoms with Gasteiger partial charge < -0.3 is 10.4 Å². The van der Waals surface area contributed by atoms with Crippen molar-refractivity contribution in [3.05, 3.63) is 34.3 Å². The standard InChI is InChI=1S/C11H16BrNO.ClH/c1-2-11(8-14)13-7-9-4-3-5-10(12)6-9;/h3-6,11,13-14H,2,7-8H2,1H3;1H. The molecule has 0 amide bonds. The molecule has 0 saturated carbocycles. The molecule has 2 nitrogen and oxygen atoms in total. The summed E-state index contributed by atoms with van der Waals surface area (Å²) in [5.74, 6) is 0. The molecule has 1 aromatic rings. The lowest BCUT2D eigenvalue weighted by Crippen LogP contribution is -2.31. The summed E-state index contributed by atoms with van der Waals surface area (Å²) in [6.45, 7) is 3.07. The molecule has 0 saturated heterocycles. The molecule has 86 valence electrons. The zero-order chi connectivity index (χ0) is 10.4. The number of rotatable bonds is 5. The van der Waals surface area contributed by atoms with Crippen LogP contribution in [0.25, 0.3) is 0 Å². The van der Waals surface area contributed by atoms with Gasteiger partial charge in [0.2, 0.25) is 0 Å². The number of benzene rings is 1. The number of nitrogens with one attached hydrogen (secondary N) is 1. The second-order valence-corrected chi connectivity index (χ2v) is 4.21. The molecule has 0 aliphatic carbocycles. The van der Waals surface area contributed by atoms with Crippen molar-refractivity contribution in [2.75, 3.05) is 6.61 Å². The van der Waals surface area contributed by atoms with E-state index in [9.17, 15) is 0 Å². The summed E-state index contributed by atoms with van der Waals surface area (Å²) in [5, 5.41) is 12.3. The van der Waals surface area contributed by atoms with Crippen LogP contribution in [-0.2, 0) is 6.54 Å². The van der Waals surface area contributed by atoms with Gasteiger partial charge in [0.1, 0.15) is 0 Å². The summed E-state index contributed by atoms with van der Waals surface area (Å²) in [4.78, 5) is 0. The molecule has 0 fully saturated rings. The second-order valence-electron chi connectivity index (χ2n) is 3.30. The number of aliphatic hydroxyl groups is 1. The third kappa shape index (κ3) is 5.52. The van der Waals surface area contributed by atoms with E-state index in [1.807, 2.05) is 12.1 Å². The van der Waals surface area contributed by atoms with E-state index < -0.39 is 0 Å². The maximum atomic E-state index is 8.99. The molecule has 15 heavy (non-hydrogen) atoms. The number of hydrogen-bond donors (Lipinski definition) is 2. The summed E-state index contributed by atoms with van der Waals surface area (Å²) in [6, 6.07) is 8.38. The van der Waals surface area contributed by atoms with E-state index in [-0.39, 0.29) is 25.1 Å². The third-order valence-electron chi connectivity index (χ3n) is 2.20. The molecular formula is C11H17BrClNO. The molecule has 0 aliphatic heterocycles. The van der Waals surface area contributed by atoms with E-state index in [1.54, 1.807) is 0 Å². The molecule has 4 heteroatoms. The lowest BCUT2D eigenvalue weighted by atomic mass is 10.2. The summed E-state index contributed by atoms with van der Waals surface area (Å²) < 4.78 is 1.09. The van der Waals surface area contributed by atoms with Gasteiger partial charge in [-0.2, -0.15) is 0 Å². The van der Waals surface area contributed by atoms with Crippen LogP contribution in [0.5, 0.6) is 0 Å². The minimum Gasteiger partial charge on any atom is -0.395 e. The SMILES string of the molecule is CCC(CO)NCc1cccc(Br)c1.Cl. The van der Waals surface area contributed by atoms with Crippen LogP contribution in [0.1, 0.15) is 18.9 Å². The fraction of sp³-hybridized carbons (Fsp3) is 0.455. The van der Waals surface area contributed by atoms with Crippen LogP contribution >= 0.6 is 28.3 Å². The Balaban J connectivity index is 0.00000196. The fourth-order valence-corrected chi connectivity index (χ4v) is 1.69. The molecule has 0 heterocycles. The zero-order valence-corrected chi connectivity index (χ0v) is 11.1. The monoisotopic (exact) mass is 293 g/mol. The Hall–Kier alpha value is -0.0900. The van der Waals surface area contributed by atoms with E-state index in [0.29, 0.717) is 0 Å². The van der Waals surface area contributed by atoms with Gasteiger partial charge in [-0.15, -0.1) is 12.4 Å². The normalized spacial score (nSPS) is 11.9. The predicted molar refractivity (Wildman–Crippen MR) is 69.4 cm³/mol. The van der Waals surface area contributed by atoms with Gasteiger partial charge in [-0.05, 0) is 24.1 Å². The Morgan fingerprint density at radius 1 is 1.47 bits per heavy atom. The van der Waals surface area contributed by atoms with Crippen molar-refractivity contribution in [1.29, 1.82) is 0 Å². The molecule has 1 atom stereocenters. The first-order valence-corrected chi connectivity index (χ1v) is 5.64. The fourth-order valence-electron chi connectivity index (χ4n) is 1.25. The summed E-state index contributed by atoms with van der Waals surface area (Å²) >= 11 is 3.43. The Morgan fingerprint density at radius 3 is 2.73 bits per heavy atom. The van der Waals surface area contributed by atoms with Gasteiger partial charge in [-0.1, -0.05) is 35.0 Å². The highest BCUT2D eigenvalue weighted by atomic mass is 79.9. The molecule has 0 radical (unpaired) electrons. The van der Waals surface area contributed by atoms with E-state index in [4.69, 9.17) is 5.11 Å². The molecule has 1 aromatic carbocycles. The molecule has 0 bridgehead atoms. The lowest BCUT2D eigenvalue weighted by molar-refractivity contribution is 0.238. The number of aliphatic hydroxyl groups excluding tert-OH is 1. The van der Waals surface area contributed by atoms with E-state index in [1.165, 1.54) is 5.56 Å². The van der Waals surface area contributed by atoms with Gasteiger partial charge in [-0.25, -0.2) is 0 Å². The van der Waals surface area contributed by atoms with Crippen molar-refractivity contribution >= 4 is 28.3 Å². The zero-order valence-electron chi connectivity index (χ0n) is 8.74. The highest BCUT2D eigenvalue weighted by molar-refractivity contribution is 9.10. The van der Waals surface area contributed by atoms with Gasteiger partial charge in [-0.3, -0.25) is 0 Å². The lowest BCUT2D eigenvalue weighted by Gasteiger charge is -2.13. The van der Waals surface area contributed by atoms with Crippen LogP contribution in [0, 0.1) is 0 Å². The van der Waals surface area contributed by atoms with E-state index in [2.05, 4.69) is 40.3 Å². The van der Waals surface area contributed by atoms with E-state index in [0.717, 1.165) is 17.4 Å². The van der Waals surface area contributed by atoms with Crippen LogP contribution in [0.2, 0.25) is 0 Å². The number of hydrogen-bond acceptors (Lipinski definition) is 2. The van der Waals surface area contributed by atoms with Gasteiger partial charge in [0.15, 0.2) is 0 Å². The molecule has 2 N–H and O–H groups in total. The topological polar surface area (TPSA) is 32.3 Å². The van der Waals surface area contributed by atoms with Crippen molar-refractivity contribution in [3.8, 4) is 0 Å². The average Bonchev–Trinajstić information content (AvgIpc) is 2.19. The van der Waals surface area contributed by atoms with Crippen LogP contribution in [0.15, 0.2) is 28.7 Å². The van der Waals surface area contributed by atoms with Crippen LogP contribution in [0.3, 0.4) is 0 Å². The van der Waals surface area contributed by atoms with Crippen LogP contribution < -0.4 is 5.32 Å². The quantitative estimate of drug-likeness (QED) is 0.875. The first-order valence-electron chi connectivity index (χ1n) is 4.85. The van der Waals surface area contributed by atoms with Crippen molar-refractivity contribution in [2.45, 2.75) is 25.9 Å². The molecule has 1 rings (SSSR count). The summed E-state index contributed by atoms with van der Waals surface area (Å²) in [5.41, 5.74) is 1.23. The smallest absolute Gasteiger partial charge is 0.0584 e. The highest BCUT2D eigenvalue weighted by Crippen LogP contribution is 2.11. The van der Waals surface area contributed by atoms with Crippen LogP contribution in [0.4, 0.5) is 0 Å². The van der Waals surface area contributed by atoms with Crippen molar-refractivity contribution in [3.63, 3.8) is 0 Å². The molecule has 1 unspecified atom stereocenters. The maximum Gasteiger partial charge on any atom is 0.0584 e. The number of halogens is 2. The average molecular weight is 295 g/mol. The van der Waals surface area contributed by atoms with Crippen molar-refractivity contribution in [2.24, 2.45) is 0 Å². The largest absolute Gasteiger partial charge is 0.395 e. The molecule has 0 spiro atoms. The Labute approximate surface area is 106 Å². The van der Waals surface area contributed by atoms with Gasteiger partial charge in [0, 0.05) is 17.1 Å². The minimum atomic E-state index is 0. The van der Waals surface area contributed by atoms with E-state index >= 15 is 0 Å². The second kappa shape index (κ2) is 8.11. The molecule has 0 aliphatic rings. The minimum absolute atomic E-state index is 0. The molecular weight excluding hydrogens is 277 g/mol. The summed E-state index contributed by atoms with van der Waals surface area (Å²) in [7, 11) is 0. The maximum absolute atomic E-state index is 8.99. The van der Waals surface area contributed by atoms with Crippen molar-refractivity contribution < 1.29 is 5.11 Å². The first kappa shape index (κ1) is 14.9. The third-order valence-corrected chi connectivity index (χ3v) is 2.69. The Kier molecular flexibility index (Phi) is 8.06.